The molecule has 0 aliphatic heterocycles. The predicted molar refractivity (Wildman–Crippen MR) is 56.3 cm³/mol. The van der Waals surface area contributed by atoms with Crippen LogP contribution in [0.1, 0.15) is 13.8 Å². The minimum Gasteiger partial charge on any atom is -0.462 e. The largest absolute Gasteiger partial charge is 0.462 e. The molecule has 1 heterocycles. The summed E-state index contributed by atoms with van der Waals surface area (Å²) in [5.74, 6) is 0.256. The number of rotatable bonds is 4. The summed E-state index contributed by atoms with van der Waals surface area (Å²) >= 11 is 3.16. The number of esters is 1. The Morgan fingerprint density at radius 2 is 2.46 bits per heavy atom. The minimum absolute atomic E-state index is 0.0172. The number of thioether (sulfide) groups is 1. The van der Waals surface area contributed by atoms with Crippen LogP contribution in [0.25, 0.3) is 0 Å². The van der Waals surface area contributed by atoms with E-state index >= 15 is 0 Å². The van der Waals surface area contributed by atoms with Crippen LogP contribution in [0.15, 0.2) is 21.7 Å². The first-order valence-corrected chi connectivity index (χ1v) is 5.91. The van der Waals surface area contributed by atoms with E-state index < -0.39 is 0 Å². The molecule has 1 aromatic heterocycles. The maximum Gasteiger partial charge on any atom is 0.316 e. The summed E-state index contributed by atoms with van der Waals surface area (Å²) in [7, 11) is 0. The fourth-order valence-electron chi connectivity index (χ4n) is 0.773. The lowest BCUT2D eigenvalue weighted by molar-refractivity contribution is -0.144. The van der Waals surface area contributed by atoms with Crippen LogP contribution in [-0.4, -0.2) is 17.8 Å². The first kappa shape index (κ1) is 10.6. The summed E-state index contributed by atoms with van der Waals surface area (Å²) in [6, 6.07) is 3.97. The van der Waals surface area contributed by atoms with Crippen molar-refractivity contribution in [3.05, 3.63) is 17.5 Å². The van der Waals surface area contributed by atoms with Gasteiger partial charge in [0.1, 0.15) is 0 Å². The van der Waals surface area contributed by atoms with Crippen molar-refractivity contribution in [1.82, 2.24) is 0 Å². The van der Waals surface area contributed by atoms with Gasteiger partial charge in [-0.15, -0.1) is 23.1 Å². The number of hydrogen-bond donors (Lipinski definition) is 0. The highest BCUT2D eigenvalue weighted by atomic mass is 32.2. The van der Waals surface area contributed by atoms with Crippen LogP contribution in [0.3, 0.4) is 0 Å². The van der Waals surface area contributed by atoms with Gasteiger partial charge in [-0.3, -0.25) is 4.79 Å². The van der Waals surface area contributed by atoms with Crippen LogP contribution in [0, 0.1) is 0 Å². The number of ether oxygens (including phenoxy) is 1. The third-order valence-corrected chi connectivity index (χ3v) is 3.30. The first-order valence-electron chi connectivity index (χ1n) is 4.04. The van der Waals surface area contributed by atoms with Gasteiger partial charge in [-0.2, -0.15) is 0 Å². The van der Waals surface area contributed by atoms with E-state index in [1.807, 2.05) is 31.4 Å². The summed E-state index contributed by atoms with van der Waals surface area (Å²) in [6.45, 7) is 3.71. The molecule has 0 N–H and O–H groups in total. The monoisotopic (exact) mass is 216 g/mol. The molecular weight excluding hydrogens is 204 g/mol. The lowest BCUT2D eigenvalue weighted by Gasteiger charge is -2.06. The summed E-state index contributed by atoms with van der Waals surface area (Å²) < 4.78 is 6.15. The van der Waals surface area contributed by atoms with Crippen LogP contribution in [-0.2, 0) is 9.53 Å². The third-order valence-electron chi connectivity index (χ3n) is 1.19. The van der Waals surface area contributed by atoms with Crippen molar-refractivity contribution in [2.75, 3.05) is 5.75 Å². The average molecular weight is 216 g/mol. The van der Waals surface area contributed by atoms with E-state index in [0.717, 1.165) is 4.21 Å². The molecule has 0 saturated heterocycles. The van der Waals surface area contributed by atoms with Crippen LogP contribution < -0.4 is 0 Å². The molecule has 0 atom stereocenters. The average Bonchev–Trinajstić information content (AvgIpc) is 2.51. The quantitative estimate of drug-likeness (QED) is 0.572. The SMILES string of the molecule is CC(C)OC(=O)CSc1cccs1. The highest BCUT2D eigenvalue weighted by Gasteiger charge is 2.06. The molecule has 4 heteroatoms. The molecule has 2 nitrogen and oxygen atoms in total. The highest BCUT2D eigenvalue weighted by molar-refractivity contribution is 8.01. The van der Waals surface area contributed by atoms with Gasteiger partial charge in [0.2, 0.25) is 0 Å². The molecule has 0 radical (unpaired) electrons. The number of carbonyl (C=O) groups excluding carboxylic acids is 1. The van der Waals surface area contributed by atoms with Crippen molar-refractivity contribution in [1.29, 1.82) is 0 Å². The van der Waals surface area contributed by atoms with Crippen molar-refractivity contribution >= 4 is 29.1 Å². The van der Waals surface area contributed by atoms with Gasteiger partial charge in [-0.1, -0.05) is 6.07 Å². The Kier molecular flexibility index (Phi) is 4.32. The molecule has 0 aromatic carbocycles. The third kappa shape index (κ3) is 4.33. The molecule has 0 aliphatic carbocycles. The Labute approximate surface area is 86.3 Å². The predicted octanol–water partition coefficient (Wildman–Crippen LogP) is 2.79. The molecule has 0 spiro atoms. The highest BCUT2D eigenvalue weighted by Crippen LogP contribution is 2.23. The van der Waals surface area contributed by atoms with Crippen molar-refractivity contribution < 1.29 is 9.53 Å². The van der Waals surface area contributed by atoms with Gasteiger partial charge >= 0.3 is 5.97 Å². The smallest absolute Gasteiger partial charge is 0.316 e. The molecule has 72 valence electrons. The normalized spacial score (nSPS) is 10.4. The van der Waals surface area contributed by atoms with E-state index in [0.29, 0.717) is 5.75 Å². The molecule has 0 fully saturated rings. The number of thiophene rings is 1. The second-order valence-corrected chi connectivity index (χ2v) is 4.98. The van der Waals surface area contributed by atoms with Crippen LogP contribution in [0.2, 0.25) is 0 Å². The van der Waals surface area contributed by atoms with Gasteiger partial charge in [0, 0.05) is 0 Å². The minimum atomic E-state index is -0.145. The second kappa shape index (κ2) is 5.29. The van der Waals surface area contributed by atoms with Crippen LogP contribution in [0.5, 0.6) is 0 Å². The van der Waals surface area contributed by atoms with E-state index in [9.17, 15) is 4.79 Å². The Morgan fingerprint density at radius 1 is 1.69 bits per heavy atom. The second-order valence-electron chi connectivity index (χ2n) is 2.76. The van der Waals surface area contributed by atoms with E-state index in [1.54, 1.807) is 11.3 Å². The van der Waals surface area contributed by atoms with E-state index in [2.05, 4.69) is 0 Å². The van der Waals surface area contributed by atoms with Gasteiger partial charge in [0.25, 0.3) is 0 Å². The Bertz CT molecular complexity index is 255. The van der Waals surface area contributed by atoms with Gasteiger partial charge in [0.15, 0.2) is 0 Å². The molecule has 0 saturated carbocycles. The molecule has 0 amide bonds. The van der Waals surface area contributed by atoms with Gasteiger partial charge < -0.3 is 4.74 Å². The molecule has 0 unspecified atom stereocenters. The topological polar surface area (TPSA) is 26.3 Å². The number of carbonyl (C=O) groups is 1. The van der Waals surface area contributed by atoms with Crippen molar-refractivity contribution in [3.63, 3.8) is 0 Å². The summed E-state index contributed by atoms with van der Waals surface area (Å²) in [6.07, 6.45) is -0.0172. The molecule has 1 aromatic rings. The lowest BCUT2D eigenvalue weighted by atomic mass is 10.5. The van der Waals surface area contributed by atoms with Crippen molar-refractivity contribution in [2.45, 2.75) is 24.2 Å². The van der Waals surface area contributed by atoms with E-state index in [4.69, 9.17) is 4.74 Å². The fourth-order valence-corrected chi connectivity index (χ4v) is 2.34. The van der Waals surface area contributed by atoms with Crippen molar-refractivity contribution in [3.8, 4) is 0 Å². The van der Waals surface area contributed by atoms with E-state index in [-0.39, 0.29) is 12.1 Å². The molecular formula is C9H12O2S2. The maximum absolute atomic E-state index is 11.1. The Morgan fingerprint density at radius 3 is 3.00 bits per heavy atom. The summed E-state index contributed by atoms with van der Waals surface area (Å²) in [4.78, 5) is 11.1. The molecule has 0 bridgehead atoms. The zero-order valence-electron chi connectivity index (χ0n) is 7.65. The summed E-state index contributed by atoms with van der Waals surface area (Å²) in [5, 5.41) is 2.00. The van der Waals surface area contributed by atoms with E-state index in [1.165, 1.54) is 11.8 Å². The zero-order chi connectivity index (χ0) is 9.68. The molecule has 0 aliphatic rings. The number of hydrogen-bond acceptors (Lipinski definition) is 4. The lowest BCUT2D eigenvalue weighted by Crippen LogP contribution is -2.12. The molecule has 1 rings (SSSR count). The molecule has 13 heavy (non-hydrogen) atoms. The maximum atomic E-state index is 11.1. The van der Waals surface area contributed by atoms with Crippen LogP contribution >= 0.6 is 23.1 Å². The standard InChI is InChI=1S/C9H12O2S2/c1-7(2)11-8(10)6-13-9-4-3-5-12-9/h3-5,7H,6H2,1-2H3. The van der Waals surface area contributed by atoms with Gasteiger partial charge in [-0.25, -0.2) is 0 Å². The Hall–Kier alpha value is -0.480. The van der Waals surface area contributed by atoms with Crippen LogP contribution in [0.4, 0.5) is 0 Å². The Balaban J connectivity index is 2.23. The summed E-state index contributed by atoms with van der Waals surface area (Å²) in [5.41, 5.74) is 0. The first-order chi connectivity index (χ1) is 6.18. The van der Waals surface area contributed by atoms with Crippen molar-refractivity contribution in [2.24, 2.45) is 0 Å². The van der Waals surface area contributed by atoms with Gasteiger partial charge in [-0.05, 0) is 25.3 Å². The van der Waals surface area contributed by atoms with Gasteiger partial charge in [0.05, 0.1) is 16.1 Å². The zero-order valence-corrected chi connectivity index (χ0v) is 9.28. The fraction of sp³-hybridized carbons (Fsp3) is 0.444.